The predicted octanol–water partition coefficient (Wildman–Crippen LogP) is 11.9. The maximum absolute atomic E-state index is 4.95. The number of hydrogen-bond donors (Lipinski definition) is 0. The van der Waals surface area contributed by atoms with Gasteiger partial charge in [-0.1, -0.05) is 140 Å². The summed E-state index contributed by atoms with van der Waals surface area (Å²) in [6.07, 6.45) is 0.867. The lowest BCUT2D eigenvalue weighted by molar-refractivity contribution is 0.795. The van der Waals surface area contributed by atoms with Gasteiger partial charge in [0.25, 0.3) is 0 Å². The lowest BCUT2D eigenvalue weighted by Gasteiger charge is -2.31. The van der Waals surface area contributed by atoms with E-state index in [1.165, 1.54) is 77.2 Å². The molecule has 1 spiro atoms. The zero-order chi connectivity index (χ0) is 33.0. The van der Waals surface area contributed by atoms with Crippen LogP contribution in [0.5, 0.6) is 0 Å². The first-order valence-electron chi connectivity index (χ1n) is 17.6. The number of para-hydroxylation sites is 2. The van der Waals surface area contributed by atoms with Gasteiger partial charge in [0.15, 0.2) is 0 Å². The van der Waals surface area contributed by atoms with Crippen molar-refractivity contribution in [2.24, 2.45) is 0 Å². The van der Waals surface area contributed by atoms with Crippen LogP contribution in [0.4, 0.5) is 0 Å². The zero-order valence-electron chi connectivity index (χ0n) is 27.7. The van der Waals surface area contributed by atoms with E-state index in [1.54, 1.807) is 0 Å². The molecule has 234 valence electrons. The van der Waals surface area contributed by atoms with Crippen LogP contribution < -0.4 is 0 Å². The number of aryl methyl sites for hydroxylation is 1. The second-order valence-electron chi connectivity index (χ2n) is 13.7. The molecule has 2 nitrogen and oxygen atoms in total. The summed E-state index contributed by atoms with van der Waals surface area (Å²) in [5.74, 6) is 1.08. The summed E-state index contributed by atoms with van der Waals surface area (Å²) in [6, 6.07) is 61.0. The Morgan fingerprint density at radius 3 is 1.88 bits per heavy atom. The van der Waals surface area contributed by atoms with Crippen LogP contribution in [0.25, 0.3) is 71.6 Å². The van der Waals surface area contributed by atoms with E-state index < -0.39 is 5.41 Å². The molecule has 2 heteroatoms. The summed E-state index contributed by atoms with van der Waals surface area (Å²) >= 11 is 0. The van der Waals surface area contributed by atoms with Gasteiger partial charge in [-0.15, -0.1) is 0 Å². The molecule has 0 saturated carbocycles. The summed E-state index contributed by atoms with van der Waals surface area (Å²) < 4.78 is 2.31. The molecular formula is C48H32N2. The molecule has 0 N–H and O–H groups in total. The number of benzene rings is 8. The van der Waals surface area contributed by atoms with Crippen LogP contribution in [0, 0.1) is 0 Å². The molecule has 2 aliphatic carbocycles. The molecule has 0 atom stereocenters. The Balaban J connectivity index is 1.23. The summed E-state index contributed by atoms with van der Waals surface area (Å²) in [7, 11) is 0. The fraction of sp³-hybridized carbons (Fsp3) is 0.0625. The SMILES string of the molecule is CCc1nc2ccccc2n1-c1ccc(-c2cc3c(c4ccccc24)-c2c(ccc4ccccc24)C32c3ccccc3-c3ccccc32)cc1. The highest BCUT2D eigenvalue weighted by molar-refractivity contribution is 6.16. The third kappa shape index (κ3) is 3.45. The summed E-state index contributed by atoms with van der Waals surface area (Å²) in [6.45, 7) is 2.18. The number of hydrogen-bond acceptors (Lipinski definition) is 1. The molecule has 0 radical (unpaired) electrons. The average molecular weight is 637 g/mol. The number of fused-ring (bicyclic) bond motifs is 15. The maximum Gasteiger partial charge on any atom is 0.114 e. The lowest BCUT2D eigenvalue weighted by Crippen LogP contribution is -2.26. The summed E-state index contributed by atoms with van der Waals surface area (Å²) in [5.41, 5.74) is 16.2. The van der Waals surface area contributed by atoms with Crippen LogP contribution in [0.2, 0.25) is 0 Å². The van der Waals surface area contributed by atoms with Crippen molar-refractivity contribution in [3.8, 4) is 39.1 Å². The molecule has 0 amide bonds. The van der Waals surface area contributed by atoms with Gasteiger partial charge in [-0.25, -0.2) is 4.98 Å². The van der Waals surface area contributed by atoms with Crippen molar-refractivity contribution >= 4 is 32.6 Å². The second kappa shape index (κ2) is 10.1. The van der Waals surface area contributed by atoms with E-state index in [9.17, 15) is 0 Å². The topological polar surface area (TPSA) is 17.8 Å². The number of rotatable bonds is 3. The van der Waals surface area contributed by atoms with Crippen molar-refractivity contribution in [3.63, 3.8) is 0 Å². The predicted molar refractivity (Wildman–Crippen MR) is 207 cm³/mol. The van der Waals surface area contributed by atoms with E-state index in [0.29, 0.717) is 0 Å². The van der Waals surface area contributed by atoms with Crippen molar-refractivity contribution in [2.75, 3.05) is 0 Å². The molecule has 0 fully saturated rings. The molecular weight excluding hydrogens is 605 g/mol. The maximum atomic E-state index is 4.95. The fourth-order valence-corrected chi connectivity index (χ4v) is 9.38. The van der Waals surface area contributed by atoms with Crippen molar-refractivity contribution in [1.29, 1.82) is 0 Å². The highest BCUT2D eigenvalue weighted by Gasteiger charge is 2.52. The van der Waals surface area contributed by atoms with Gasteiger partial charge in [-0.2, -0.15) is 0 Å². The minimum atomic E-state index is -0.424. The highest BCUT2D eigenvalue weighted by atomic mass is 15.1. The number of imidazole rings is 1. The van der Waals surface area contributed by atoms with Crippen LogP contribution in [-0.2, 0) is 11.8 Å². The van der Waals surface area contributed by atoms with Gasteiger partial charge in [-0.3, -0.25) is 4.57 Å². The van der Waals surface area contributed by atoms with E-state index in [-0.39, 0.29) is 0 Å². The van der Waals surface area contributed by atoms with Crippen molar-refractivity contribution < 1.29 is 0 Å². The molecule has 2 aliphatic rings. The monoisotopic (exact) mass is 636 g/mol. The van der Waals surface area contributed by atoms with Gasteiger partial charge in [-0.05, 0) is 108 Å². The molecule has 0 aliphatic heterocycles. The fourth-order valence-electron chi connectivity index (χ4n) is 9.38. The smallest absolute Gasteiger partial charge is 0.114 e. The molecule has 8 aromatic carbocycles. The van der Waals surface area contributed by atoms with Gasteiger partial charge in [0, 0.05) is 12.1 Å². The van der Waals surface area contributed by atoms with Gasteiger partial charge in [0.05, 0.1) is 16.4 Å². The summed E-state index contributed by atoms with van der Waals surface area (Å²) in [4.78, 5) is 4.95. The van der Waals surface area contributed by atoms with Crippen LogP contribution in [0.1, 0.15) is 35.0 Å². The van der Waals surface area contributed by atoms with E-state index in [1.807, 2.05) is 0 Å². The van der Waals surface area contributed by atoms with Gasteiger partial charge in [0.1, 0.15) is 5.82 Å². The third-order valence-electron chi connectivity index (χ3n) is 11.4. The van der Waals surface area contributed by atoms with E-state index in [0.717, 1.165) is 29.0 Å². The average Bonchev–Trinajstić information content (AvgIpc) is 3.82. The standard InChI is InChI=1S/C48H32N2/c1-2-45-49-43-21-11-12-22-44(43)50(45)32-26-23-31(24-27-32)38-29-42-47(37-18-6-5-15-34(37)38)46-33-14-4-3-13-30(33)25-28-41(46)48(42)39-19-9-7-16-35(39)36-17-8-10-20-40(36)48/h3-29H,2H2,1H3. The molecule has 1 aromatic heterocycles. The van der Waals surface area contributed by atoms with Crippen molar-refractivity contribution in [1.82, 2.24) is 9.55 Å². The van der Waals surface area contributed by atoms with E-state index >= 15 is 0 Å². The van der Waals surface area contributed by atoms with E-state index in [2.05, 4.69) is 175 Å². The Labute approximate surface area is 290 Å². The van der Waals surface area contributed by atoms with Gasteiger partial charge < -0.3 is 0 Å². The lowest BCUT2D eigenvalue weighted by atomic mass is 9.70. The molecule has 9 aromatic rings. The number of aromatic nitrogens is 2. The van der Waals surface area contributed by atoms with Crippen molar-refractivity contribution in [2.45, 2.75) is 18.8 Å². The Bertz CT molecular complexity index is 2810. The first kappa shape index (κ1) is 27.7. The Morgan fingerprint density at radius 2 is 1.12 bits per heavy atom. The minimum Gasteiger partial charge on any atom is -0.296 e. The van der Waals surface area contributed by atoms with E-state index in [4.69, 9.17) is 4.98 Å². The third-order valence-corrected chi connectivity index (χ3v) is 11.4. The first-order valence-corrected chi connectivity index (χ1v) is 17.6. The van der Waals surface area contributed by atoms with Crippen molar-refractivity contribution in [3.05, 3.63) is 192 Å². The highest BCUT2D eigenvalue weighted by Crippen LogP contribution is 2.65. The van der Waals surface area contributed by atoms with Crippen LogP contribution >= 0.6 is 0 Å². The van der Waals surface area contributed by atoms with Crippen LogP contribution in [-0.4, -0.2) is 9.55 Å². The summed E-state index contributed by atoms with van der Waals surface area (Å²) in [5, 5.41) is 5.16. The molecule has 0 bridgehead atoms. The van der Waals surface area contributed by atoms with Crippen LogP contribution in [0.15, 0.2) is 164 Å². The largest absolute Gasteiger partial charge is 0.296 e. The first-order chi connectivity index (χ1) is 24.8. The molecule has 50 heavy (non-hydrogen) atoms. The normalized spacial score (nSPS) is 13.5. The quantitative estimate of drug-likeness (QED) is 0.189. The Hall–Kier alpha value is -6.25. The molecule has 0 unspecified atom stereocenters. The van der Waals surface area contributed by atoms with Gasteiger partial charge in [0.2, 0.25) is 0 Å². The zero-order valence-corrected chi connectivity index (χ0v) is 27.7. The molecule has 1 heterocycles. The van der Waals surface area contributed by atoms with Gasteiger partial charge >= 0.3 is 0 Å². The number of nitrogens with zero attached hydrogens (tertiary/aromatic N) is 2. The van der Waals surface area contributed by atoms with Crippen LogP contribution in [0.3, 0.4) is 0 Å². The Kier molecular flexibility index (Phi) is 5.61. The molecule has 11 rings (SSSR count). The minimum absolute atomic E-state index is 0.424. The Morgan fingerprint density at radius 1 is 0.500 bits per heavy atom. The molecule has 0 saturated heterocycles. The second-order valence-corrected chi connectivity index (χ2v) is 13.7.